The Hall–Kier alpha value is -2.82. The van der Waals surface area contributed by atoms with Crippen LogP contribution in [0.4, 0.5) is 10.1 Å². The Morgan fingerprint density at radius 3 is 2.68 bits per heavy atom. The fraction of sp³-hybridized carbons (Fsp3) is 0.118. The van der Waals surface area contributed by atoms with Gasteiger partial charge in [-0.25, -0.2) is 4.39 Å². The number of aromatic nitrogens is 1. The molecule has 1 amide bonds. The molecule has 0 radical (unpaired) electrons. The van der Waals surface area contributed by atoms with Gasteiger partial charge in [-0.15, -0.1) is 0 Å². The Morgan fingerprint density at radius 2 is 1.95 bits per heavy atom. The lowest BCUT2D eigenvalue weighted by Gasteiger charge is -2.10. The number of fused-ring (bicyclic) bond motifs is 1. The lowest BCUT2D eigenvalue weighted by atomic mass is 10.2. The van der Waals surface area contributed by atoms with Crippen molar-refractivity contribution < 1.29 is 13.9 Å². The molecule has 0 unspecified atom stereocenters. The zero-order valence-electron chi connectivity index (χ0n) is 12.3. The minimum Gasteiger partial charge on any atom is -0.495 e. The Balaban J connectivity index is 1.99. The van der Waals surface area contributed by atoms with Crippen molar-refractivity contribution in [3.8, 4) is 5.75 Å². The Bertz CT molecular complexity index is 855. The van der Waals surface area contributed by atoms with E-state index in [9.17, 15) is 9.18 Å². The standard InChI is InChI=1S/C17H15FN2O2/c1-20-14-8-5-6-12(18)11(14)10-15(20)17(21)19-13-7-3-4-9-16(13)22-2/h3-10H,1-2H3,(H,19,21). The number of nitrogens with zero attached hydrogens (tertiary/aromatic N) is 1. The molecule has 0 aliphatic heterocycles. The number of carbonyl (C=O) groups is 1. The predicted octanol–water partition coefficient (Wildman–Crippen LogP) is 3.58. The molecule has 5 heteroatoms. The summed E-state index contributed by atoms with van der Waals surface area (Å²) in [4.78, 5) is 12.5. The second-order valence-corrected chi connectivity index (χ2v) is 4.92. The second kappa shape index (κ2) is 5.52. The molecule has 0 atom stereocenters. The third-order valence-corrected chi connectivity index (χ3v) is 3.62. The van der Waals surface area contributed by atoms with Crippen LogP contribution in [0.25, 0.3) is 10.9 Å². The first kappa shape index (κ1) is 14.1. The van der Waals surface area contributed by atoms with Crippen LogP contribution in [0.2, 0.25) is 0 Å². The molecule has 0 aliphatic carbocycles. The van der Waals surface area contributed by atoms with E-state index in [0.717, 1.165) is 0 Å². The molecular weight excluding hydrogens is 283 g/mol. The highest BCUT2D eigenvalue weighted by Crippen LogP contribution is 2.26. The topological polar surface area (TPSA) is 43.3 Å². The Labute approximate surface area is 127 Å². The van der Waals surface area contributed by atoms with Crippen molar-refractivity contribution in [1.29, 1.82) is 0 Å². The smallest absolute Gasteiger partial charge is 0.272 e. The predicted molar refractivity (Wildman–Crippen MR) is 83.8 cm³/mol. The van der Waals surface area contributed by atoms with Gasteiger partial charge in [0.15, 0.2) is 0 Å². The third-order valence-electron chi connectivity index (χ3n) is 3.62. The highest BCUT2D eigenvalue weighted by molar-refractivity contribution is 6.07. The lowest BCUT2D eigenvalue weighted by molar-refractivity contribution is 0.101. The number of aryl methyl sites for hydroxylation is 1. The largest absolute Gasteiger partial charge is 0.495 e. The van der Waals surface area contributed by atoms with E-state index in [2.05, 4.69) is 5.32 Å². The summed E-state index contributed by atoms with van der Waals surface area (Å²) in [5.41, 5.74) is 1.62. The van der Waals surface area contributed by atoms with E-state index >= 15 is 0 Å². The van der Waals surface area contributed by atoms with Gasteiger partial charge in [0.1, 0.15) is 17.3 Å². The highest BCUT2D eigenvalue weighted by atomic mass is 19.1. The summed E-state index contributed by atoms with van der Waals surface area (Å²) in [6.45, 7) is 0. The summed E-state index contributed by atoms with van der Waals surface area (Å²) in [5.74, 6) is -0.0900. The van der Waals surface area contributed by atoms with Crippen molar-refractivity contribution in [1.82, 2.24) is 4.57 Å². The SMILES string of the molecule is COc1ccccc1NC(=O)c1cc2c(F)cccc2n1C. The minimum atomic E-state index is -0.343. The number of nitrogens with one attached hydrogen (secondary N) is 1. The van der Waals surface area contributed by atoms with Crippen LogP contribution in [-0.2, 0) is 7.05 Å². The molecule has 0 spiro atoms. The zero-order chi connectivity index (χ0) is 15.7. The van der Waals surface area contributed by atoms with E-state index in [-0.39, 0.29) is 11.7 Å². The molecule has 0 bridgehead atoms. The fourth-order valence-corrected chi connectivity index (χ4v) is 2.48. The van der Waals surface area contributed by atoms with E-state index in [4.69, 9.17) is 4.74 Å². The molecule has 1 aromatic heterocycles. The second-order valence-electron chi connectivity index (χ2n) is 4.92. The number of carbonyl (C=O) groups excluding carboxylic acids is 1. The van der Waals surface area contributed by atoms with Crippen LogP contribution in [-0.4, -0.2) is 17.6 Å². The molecule has 0 aliphatic rings. The van der Waals surface area contributed by atoms with Crippen molar-refractivity contribution in [3.63, 3.8) is 0 Å². The van der Waals surface area contributed by atoms with Crippen molar-refractivity contribution in [2.45, 2.75) is 0 Å². The van der Waals surface area contributed by atoms with Gasteiger partial charge in [-0.05, 0) is 30.3 Å². The normalized spacial score (nSPS) is 10.7. The molecule has 1 N–H and O–H groups in total. The van der Waals surface area contributed by atoms with Crippen molar-refractivity contribution in [2.24, 2.45) is 7.05 Å². The highest BCUT2D eigenvalue weighted by Gasteiger charge is 2.16. The summed E-state index contributed by atoms with van der Waals surface area (Å²) < 4.78 is 20.7. The Kier molecular flexibility index (Phi) is 3.55. The van der Waals surface area contributed by atoms with Gasteiger partial charge in [0.05, 0.1) is 18.3 Å². The lowest BCUT2D eigenvalue weighted by Crippen LogP contribution is -2.16. The van der Waals surface area contributed by atoms with E-state index < -0.39 is 0 Å². The first-order chi connectivity index (χ1) is 10.6. The number of para-hydroxylation sites is 2. The van der Waals surface area contributed by atoms with Gasteiger partial charge in [-0.2, -0.15) is 0 Å². The maximum Gasteiger partial charge on any atom is 0.272 e. The number of hydrogen-bond acceptors (Lipinski definition) is 2. The zero-order valence-corrected chi connectivity index (χ0v) is 12.3. The number of rotatable bonds is 3. The summed E-state index contributed by atoms with van der Waals surface area (Å²) in [6.07, 6.45) is 0. The average Bonchev–Trinajstić information content (AvgIpc) is 2.87. The van der Waals surface area contributed by atoms with Gasteiger partial charge in [-0.1, -0.05) is 18.2 Å². The number of benzene rings is 2. The summed E-state index contributed by atoms with van der Waals surface area (Å²) in [6, 6.07) is 13.5. The van der Waals surface area contributed by atoms with Crippen LogP contribution in [0.5, 0.6) is 5.75 Å². The molecule has 3 rings (SSSR count). The quantitative estimate of drug-likeness (QED) is 0.803. The molecule has 0 saturated heterocycles. The van der Waals surface area contributed by atoms with Gasteiger partial charge >= 0.3 is 0 Å². The molecule has 4 nitrogen and oxygen atoms in total. The van der Waals surface area contributed by atoms with Crippen LogP contribution >= 0.6 is 0 Å². The number of amides is 1. The number of halogens is 1. The van der Waals surface area contributed by atoms with E-state index in [0.29, 0.717) is 28.0 Å². The van der Waals surface area contributed by atoms with Crippen molar-refractivity contribution >= 4 is 22.5 Å². The first-order valence-electron chi connectivity index (χ1n) is 6.80. The third kappa shape index (κ3) is 2.30. The molecule has 0 fully saturated rings. The van der Waals surface area contributed by atoms with Gasteiger partial charge < -0.3 is 14.6 Å². The number of anilines is 1. The summed E-state index contributed by atoms with van der Waals surface area (Å²) >= 11 is 0. The maximum absolute atomic E-state index is 13.8. The first-order valence-corrected chi connectivity index (χ1v) is 6.80. The molecule has 112 valence electrons. The number of ether oxygens (including phenoxy) is 1. The number of hydrogen-bond donors (Lipinski definition) is 1. The van der Waals surface area contributed by atoms with E-state index in [1.165, 1.54) is 13.2 Å². The van der Waals surface area contributed by atoms with Crippen LogP contribution in [0.1, 0.15) is 10.5 Å². The molecule has 1 heterocycles. The van der Waals surface area contributed by atoms with E-state index in [1.54, 1.807) is 48.0 Å². The fourth-order valence-electron chi connectivity index (χ4n) is 2.48. The monoisotopic (exact) mass is 298 g/mol. The van der Waals surface area contributed by atoms with Crippen LogP contribution in [0, 0.1) is 5.82 Å². The number of methoxy groups -OCH3 is 1. The van der Waals surface area contributed by atoms with E-state index in [1.807, 2.05) is 6.07 Å². The molecule has 2 aromatic carbocycles. The Morgan fingerprint density at radius 1 is 1.18 bits per heavy atom. The van der Waals surface area contributed by atoms with Gasteiger partial charge in [0, 0.05) is 12.4 Å². The maximum atomic E-state index is 13.8. The minimum absolute atomic E-state index is 0.317. The molecule has 3 aromatic rings. The molecular formula is C17H15FN2O2. The van der Waals surface area contributed by atoms with Crippen molar-refractivity contribution in [3.05, 3.63) is 60.0 Å². The molecule has 22 heavy (non-hydrogen) atoms. The summed E-state index contributed by atoms with van der Waals surface area (Å²) in [5, 5.41) is 3.22. The summed E-state index contributed by atoms with van der Waals surface area (Å²) in [7, 11) is 3.27. The van der Waals surface area contributed by atoms with Crippen molar-refractivity contribution in [2.75, 3.05) is 12.4 Å². The van der Waals surface area contributed by atoms with Crippen LogP contribution < -0.4 is 10.1 Å². The molecule has 0 saturated carbocycles. The van der Waals surface area contributed by atoms with Crippen LogP contribution in [0.15, 0.2) is 48.5 Å². The van der Waals surface area contributed by atoms with Gasteiger partial charge in [-0.3, -0.25) is 4.79 Å². The van der Waals surface area contributed by atoms with Gasteiger partial charge in [0.2, 0.25) is 0 Å². The van der Waals surface area contributed by atoms with Gasteiger partial charge in [0.25, 0.3) is 5.91 Å². The average molecular weight is 298 g/mol. The van der Waals surface area contributed by atoms with Crippen LogP contribution in [0.3, 0.4) is 0 Å².